The normalized spacial score (nSPS) is 27.2. The van der Waals surface area contributed by atoms with Crippen LogP contribution in [0, 0.1) is 0 Å². The lowest BCUT2D eigenvalue weighted by Crippen LogP contribution is -2.13. The minimum Gasteiger partial charge on any atom is -0.493 e. The van der Waals surface area contributed by atoms with Crippen LogP contribution in [0.3, 0.4) is 0 Å². The first-order chi connectivity index (χ1) is 8.65. The molecule has 1 aromatic carbocycles. The lowest BCUT2D eigenvalue weighted by Gasteiger charge is -2.14. The summed E-state index contributed by atoms with van der Waals surface area (Å²) in [7, 11) is 1.63. The molecule has 0 aromatic heterocycles. The van der Waals surface area contributed by atoms with Gasteiger partial charge in [-0.15, -0.1) is 0 Å². The van der Waals surface area contributed by atoms with Gasteiger partial charge in [-0.25, -0.2) is 0 Å². The fourth-order valence-electron chi connectivity index (χ4n) is 1.91. The Morgan fingerprint density at radius 1 is 1.11 bits per heavy atom. The Kier molecular flexibility index (Phi) is 4.09. The number of rotatable bonds is 4. The molecule has 2 rings (SSSR count). The van der Waals surface area contributed by atoms with Gasteiger partial charge >= 0.3 is 0 Å². The summed E-state index contributed by atoms with van der Waals surface area (Å²) < 4.78 is 22.3. The fourth-order valence-corrected chi connectivity index (χ4v) is 1.91. The van der Waals surface area contributed by atoms with E-state index in [9.17, 15) is 0 Å². The molecule has 0 N–H and O–H groups in total. The molecule has 0 bridgehead atoms. The molecule has 0 amide bonds. The molecule has 1 aliphatic rings. The fraction of sp³-hybridized carbons (Fsp3) is 0.571. The molecule has 18 heavy (non-hydrogen) atoms. The quantitative estimate of drug-likeness (QED) is 0.825. The van der Waals surface area contributed by atoms with E-state index in [1.165, 1.54) is 0 Å². The first-order valence-electron chi connectivity index (χ1n) is 6.27. The van der Waals surface area contributed by atoms with E-state index in [0.717, 1.165) is 11.3 Å². The van der Waals surface area contributed by atoms with Crippen molar-refractivity contribution in [3.8, 4) is 11.5 Å². The first-order valence-corrected chi connectivity index (χ1v) is 6.27. The van der Waals surface area contributed by atoms with E-state index < -0.39 is 0 Å². The minimum absolute atomic E-state index is 0.104. The van der Waals surface area contributed by atoms with Crippen molar-refractivity contribution in [2.24, 2.45) is 0 Å². The van der Waals surface area contributed by atoms with Crippen LogP contribution >= 0.6 is 0 Å². The van der Waals surface area contributed by atoms with Crippen LogP contribution in [0.25, 0.3) is 0 Å². The summed E-state index contributed by atoms with van der Waals surface area (Å²) in [5.74, 6) is 1.44. The van der Waals surface area contributed by atoms with E-state index in [-0.39, 0.29) is 18.5 Å². The van der Waals surface area contributed by atoms with E-state index in [1.54, 1.807) is 7.11 Å². The van der Waals surface area contributed by atoms with Crippen LogP contribution in [0.4, 0.5) is 0 Å². The van der Waals surface area contributed by atoms with Gasteiger partial charge in [0.25, 0.3) is 0 Å². The van der Waals surface area contributed by atoms with Gasteiger partial charge in [0.15, 0.2) is 17.8 Å². The van der Waals surface area contributed by atoms with E-state index in [2.05, 4.69) is 0 Å². The highest BCUT2D eigenvalue weighted by Gasteiger charge is 2.31. The molecule has 100 valence electrons. The highest BCUT2D eigenvalue weighted by atomic mass is 16.7. The molecule has 1 saturated heterocycles. The van der Waals surface area contributed by atoms with Gasteiger partial charge in [0.05, 0.1) is 25.9 Å². The summed E-state index contributed by atoms with van der Waals surface area (Å²) in [6.45, 7) is 6.58. The van der Waals surface area contributed by atoms with Crippen molar-refractivity contribution in [1.29, 1.82) is 0 Å². The number of benzene rings is 1. The summed E-state index contributed by atoms with van der Waals surface area (Å²) in [6, 6.07) is 5.74. The predicted octanol–water partition coefficient (Wildman–Crippen LogP) is 2.92. The number of methoxy groups -OCH3 is 1. The largest absolute Gasteiger partial charge is 0.493 e. The van der Waals surface area contributed by atoms with E-state index in [0.29, 0.717) is 12.4 Å². The van der Waals surface area contributed by atoms with Crippen molar-refractivity contribution < 1.29 is 18.9 Å². The van der Waals surface area contributed by atoms with Crippen molar-refractivity contribution in [3.05, 3.63) is 23.8 Å². The second-order valence-corrected chi connectivity index (χ2v) is 4.36. The van der Waals surface area contributed by atoms with Gasteiger partial charge in [-0.1, -0.05) is 6.07 Å². The molecule has 1 aromatic rings. The molecule has 4 heteroatoms. The molecule has 1 fully saturated rings. The smallest absolute Gasteiger partial charge is 0.184 e. The Balaban J connectivity index is 2.19. The number of hydrogen-bond donors (Lipinski definition) is 0. The van der Waals surface area contributed by atoms with E-state index >= 15 is 0 Å². The van der Waals surface area contributed by atoms with Crippen molar-refractivity contribution in [1.82, 2.24) is 0 Å². The van der Waals surface area contributed by atoms with Crippen LogP contribution in [0.1, 0.15) is 32.6 Å². The maximum atomic E-state index is 5.74. The zero-order chi connectivity index (χ0) is 13.1. The van der Waals surface area contributed by atoms with Crippen LogP contribution in [0.15, 0.2) is 18.2 Å². The van der Waals surface area contributed by atoms with Gasteiger partial charge in [-0.3, -0.25) is 0 Å². The molecule has 3 atom stereocenters. The van der Waals surface area contributed by atoms with Gasteiger partial charge in [0.2, 0.25) is 0 Å². The number of ether oxygens (including phenoxy) is 4. The molecule has 1 unspecified atom stereocenters. The molecular weight excluding hydrogens is 232 g/mol. The average Bonchev–Trinajstić information content (AvgIpc) is 2.70. The van der Waals surface area contributed by atoms with Crippen molar-refractivity contribution >= 4 is 0 Å². The highest BCUT2D eigenvalue weighted by molar-refractivity contribution is 5.43. The Morgan fingerprint density at radius 2 is 1.78 bits per heavy atom. The summed E-state index contributed by atoms with van der Waals surface area (Å²) in [6.07, 6.45) is -0.111. The molecule has 4 nitrogen and oxygen atoms in total. The molecule has 0 spiro atoms. The van der Waals surface area contributed by atoms with E-state index in [1.807, 2.05) is 39.0 Å². The maximum absolute atomic E-state index is 5.74. The molecule has 0 saturated carbocycles. The van der Waals surface area contributed by atoms with E-state index in [4.69, 9.17) is 18.9 Å². The van der Waals surface area contributed by atoms with Gasteiger partial charge in [0.1, 0.15) is 0 Å². The molecular formula is C14H20O4. The predicted molar refractivity (Wildman–Crippen MR) is 68.0 cm³/mol. The lowest BCUT2D eigenvalue weighted by atomic mass is 10.2. The Morgan fingerprint density at radius 3 is 2.33 bits per heavy atom. The highest BCUT2D eigenvalue weighted by Crippen LogP contribution is 2.36. The Hall–Kier alpha value is -1.26. The zero-order valence-electron chi connectivity index (χ0n) is 11.3. The Bertz CT molecular complexity index is 395. The summed E-state index contributed by atoms with van der Waals surface area (Å²) in [5, 5.41) is 0. The summed E-state index contributed by atoms with van der Waals surface area (Å²) >= 11 is 0. The first kappa shape index (κ1) is 13.2. The van der Waals surface area contributed by atoms with Crippen molar-refractivity contribution in [2.45, 2.75) is 39.3 Å². The third-order valence-corrected chi connectivity index (χ3v) is 3.10. The molecule has 1 aliphatic heterocycles. The second-order valence-electron chi connectivity index (χ2n) is 4.36. The topological polar surface area (TPSA) is 36.9 Å². The molecule has 0 aliphatic carbocycles. The minimum atomic E-state index is -0.320. The van der Waals surface area contributed by atoms with Gasteiger partial charge < -0.3 is 18.9 Å². The van der Waals surface area contributed by atoms with Crippen LogP contribution in [0.2, 0.25) is 0 Å². The lowest BCUT2D eigenvalue weighted by molar-refractivity contribution is -0.0654. The van der Waals surface area contributed by atoms with Crippen LogP contribution in [-0.4, -0.2) is 25.9 Å². The van der Waals surface area contributed by atoms with Crippen LogP contribution in [0.5, 0.6) is 11.5 Å². The third kappa shape index (κ3) is 2.60. The monoisotopic (exact) mass is 252 g/mol. The molecule has 1 heterocycles. The van der Waals surface area contributed by atoms with Crippen molar-refractivity contribution in [2.75, 3.05) is 13.7 Å². The second kappa shape index (κ2) is 5.59. The Labute approximate surface area is 108 Å². The van der Waals surface area contributed by atoms with Crippen LogP contribution in [-0.2, 0) is 9.47 Å². The summed E-state index contributed by atoms with van der Waals surface area (Å²) in [4.78, 5) is 0. The zero-order valence-corrected chi connectivity index (χ0v) is 11.3. The SMILES string of the molecule is CCOc1ccc(C2O[C@@H](C)[C@@H](C)O2)cc1OC. The summed E-state index contributed by atoms with van der Waals surface area (Å²) in [5.41, 5.74) is 0.950. The third-order valence-electron chi connectivity index (χ3n) is 3.10. The van der Waals surface area contributed by atoms with Gasteiger partial charge in [-0.05, 0) is 32.9 Å². The van der Waals surface area contributed by atoms with Crippen LogP contribution < -0.4 is 9.47 Å². The molecule has 0 radical (unpaired) electrons. The maximum Gasteiger partial charge on any atom is 0.184 e. The average molecular weight is 252 g/mol. The standard InChI is InChI=1S/C14H20O4/c1-5-16-12-7-6-11(8-13(12)15-4)14-17-9(2)10(3)18-14/h6-10,14H,5H2,1-4H3/t9-,10+,14?. The van der Waals surface area contributed by atoms with Gasteiger partial charge in [0, 0.05) is 5.56 Å². The number of hydrogen-bond acceptors (Lipinski definition) is 4. The van der Waals surface area contributed by atoms with Crippen molar-refractivity contribution in [3.63, 3.8) is 0 Å². The van der Waals surface area contributed by atoms with Gasteiger partial charge in [-0.2, -0.15) is 0 Å².